The standard InChI is InChI=1S/C13H15N3O4/c1-2-20-13(17)11(14)5-8-7-15-12-6-9(16(18)19)3-4-10(8)12/h3-4,6-7,11,15H,2,5,14H2,1H3/t11-/m0/s1. The number of fused-ring (bicyclic) bond motifs is 1. The monoisotopic (exact) mass is 277 g/mol. The lowest BCUT2D eigenvalue weighted by atomic mass is 10.1. The number of esters is 1. The maximum Gasteiger partial charge on any atom is 0.323 e. The van der Waals surface area contributed by atoms with Crippen molar-refractivity contribution >= 4 is 22.6 Å². The number of hydrogen-bond donors (Lipinski definition) is 2. The fourth-order valence-electron chi connectivity index (χ4n) is 2.03. The number of rotatable bonds is 5. The van der Waals surface area contributed by atoms with E-state index in [0.29, 0.717) is 11.9 Å². The van der Waals surface area contributed by atoms with Gasteiger partial charge in [-0.05, 0) is 18.6 Å². The Labute approximate surface area is 114 Å². The van der Waals surface area contributed by atoms with Gasteiger partial charge in [-0.25, -0.2) is 0 Å². The zero-order chi connectivity index (χ0) is 14.7. The number of aromatic amines is 1. The first-order valence-electron chi connectivity index (χ1n) is 6.19. The molecule has 0 aliphatic heterocycles. The number of nitro groups is 1. The Morgan fingerprint density at radius 3 is 2.95 bits per heavy atom. The summed E-state index contributed by atoms with van der Waals surface area (Å²) < 4.78 is 4.85. The lowest BCUT2D eigenvalue weighted by Gasteiger charge is -2.09. The SMILES string of the molecule is CCOC(=O)[C@@H](N)Cc1c[nH]c2cc([N+](=O)[O-])ccc12. The Balaban J connectivity index is 2.23. The van der Waals surface area contributed by atoms with E-state index in [1.54, 1.807) is 19.2 Å². The molecule has 1 aromatic heterocycles. The second kappa shape index (κ2) is 5.70. The Morgan fingerprint density at radius 1 is 1.55 bits per heavy atom. The van der Waals surface area contributed by atoms with Crippen molar-refractivity contribution in [2.45, 2.75) is 19.4 Å². The van der Waals surface area contributed by atoms with Gasteiger partial charge in [0.1, 0.15) is 6.04 Å². The van der Waals surface area contributed by atoms with Crippen LogP contribution in [0.1, 0.15) is 12.5 Å². The Morgan fingerprint density at radius 2 is 2.30 bits per heavy atom. The van der Waals surface area contributed by atoms with E-state index in [1.165, 1.54) is 12.1 Å². The molecule has 1 heterocycles. The van der Waals surface area contributed by atoms with Crippen molar-refractivity contribution in [3.8, 4) is 0 Å². The van der Waals surface area contributed by atoms with E-state index in [1.807, 2.05) is 0 Å². The number of carbonyl (C=O) groups excluding carboxylic acids is 1. The number of benzene rings is 1. The third kappa shape index (κ3) is 2.77. The van der Waals surface area contributed by atoms with Crippen LogP contribution in [-0.4, -0.2) is 28.5 Å². The normalized spacial score (nSPS) is 12.3. The minimum atomic E-state index is -0.746. The van der Waals surface area contributed by atoms with Crippen molar-refractivity contribution < 1.29 is 14.5 Å². The molecule has 0 bridgehead atoms. The highest BCUT2D eigenvalue weighted by Crippen LogP contribution is 2.24. The van der Waals surface area contributed by atoms with Crippen LogP contribution in [-0.2, 0) is 16.0 Å². The van der Waals surface area contributed by atoms with Crippen molar-refractivity contribution in [1.82, 2.24) is 4.98 Å². The van der Waals surface area contributed by atoms with E-state index >= 15 is 0 Å². The highest BCUT2D eigenvalue weighted by Gasteiger charge is 2.18. The molecular weight excluding hydrogens is 262 g/mol. The van der Waals surface area contributed by atoms with Crippen LogP contribution in [0.25, 0.3) is 10.9 Å². The second-order valence-corrected chi connectivity index (χ2v) is 4.36. The number of nitro benzene ring substituents is 1. The molecule has 0 unspecified atom stereocenters. The predicted octanol–water partition coefficient (Wildman–Crippen LogP) is 1.51. The number of aromatic nitrogens is 1. The number of nitrogens with two attached hydrogens (primary N) is 1. The smallest absolute Gasteiger partial charge is 0.323 e. The minimum Gasteiger partial charge on any atom is -0.465 e. The predicted molar refractivity (Wildman–Crippen MR) is 73.3 cm³/mol. The first-order valence-corrected chi connectivity index (χ1v) is 6.19. The van der Waals surface area contributed by atoms with Crippen molar-refractivity contribution in [2.75, 3.05) is 6.61 Å². The molecule has 0 radical (unpaired) electrons. The molecule has 0 aliphatic rings. The molecule has 7 heteroatoms. The maximum atomic E-state index is 11.5. The van der Waals surface area contributed by atoms with Gasteiger partial charge in [0.25, 0.3) is 5.69 Å². The summed E-state index contributed by atoms with van der Waals surface area (Å²) >= 11 is 0. The summed E-state index contributed by atoms with van der Waals surface area (Å²) in [5, 5.41) is 11.5. The van der Waals surface area contributed by atoms with Gasteiger partial charge in [-0.3, -0.25) is 14.9 Å². The van der Waals surface area contributed by atoms with Gasteiger partial charge in [0, 0.05) is 30.1 Å². The molecule has 0 spiro atoms. The molecule has 20 heavy (non-hydrogen) atoms. The number of nitrogens with one attached hydrogen (secondary N) is 1. The summed E-state index contributed by atoms with van der Waals surface area (Å²) in [7, 11) is 0. The average Bonchev–Trinajstić information content (AvgIpc) is 2.81. The van der Waals surface area contributed by atoms with Gasteiger partial charge >= 0.3 is 5.97 Å². The van der Waals surface area contributed by atoms with Gasteiger partial charge < -0.3 is 15.5 Å². The van der Waals surface area contributed by atoms with E-state index in [9.17, 15) is 14.9 Å². The summed E-state index contributed by atoms with van der Waals surface area (Å²) in [6.45, 7) is 2.00. The average molecular weight is 277 g/mol. The lowest BCUT2D eigenvalue weighted by Crippen LogP contribution is -2.34. The molecule has 3 N–H and O–H groups in total. The molecule has 2 rings (SSSR count). The molecule has 2 aromatic rings. The maximum absolute atomic E-state index is 11.5. The Hall–Kier alpha value is -2.41. The van der Waals surface area contributed by atoms with Crippen LogP contribution < -0.4 is 5.73 Å². The topological polar surface area (TPSA) is 111 Å². The number of hydrogen-bond acceptors (Lipinski definition) is 5. The number of ether oxygens (including phenoxy) is 1. The third-order valence-electron chi connectivity index (χ3n) is 2.99. The molecule has 0 amide bonds. The summed E-state index contributed by atoms with van der Waals surface area (Å²) in [6.07, 6.45) is 2.02. The fourth-order valence-corrected chi connectivity index (χ4v) is 2.03. The summed E-state index contributed by atoms with van der Waals surface area (Å²) in [4.78, 5) is 24.7. The molecular formula is C13H15N3O4. The van der Waals surface area contributed by atoms with Gasteiger partial charge in [0.05, 0.1) is 17.0 Å². The Bertz CT molecular complexity index is 650. The van der Waals surface area contributed by atoms with Gasteiger partial charge in [-0.2, -0.15) is 0 Å². The molecule has 0 saturated heterocycles. The number of non-ortho nitro benzene ring substituents is 1. The highest BCUT2D eigenvalue weighted by atomic mass is 16.6. The second-order valence-electron chi connectivity index (χ2n) is 4.36. The van der Waals surface area contributed by atoms with Gasteiger partial charge in [-0.15, -0.1) is 0 Å². The van der Waals surface area contributed by atoms with E-state index in [2.05, 4.69) is 4.98 Å². The van der Waals surface area contributed by atoms with Crippen molar-refractivity contribution in [3.05, 3.63) is 40.1 Å². The summed E-state index contributed by atoms with van der Waals surface area (Å²) in [5.41, 5.74) is 7.25. The zero-order valence-electron chi connectivity index (χ0n) is 11.0. The van der Waals surface area contributed by atoms with E-state index < -0.39 is 16.9 Å². The lowest BCUT2D eigenvalue weighted by molar-refractivity contribution is -0.384. The molecule has 1 aromatic carbocycles. The summed E-state index contributed by atoms with van der Waals surface area (Å²) in [6, 6.07) is 3.78. The van der Waals surface area contributed by atoms with E-state index in [0.717, 1.165) is 10.9 Å². The molecule has 7 nitrogen and oxygen atoms in total. The van der Waals surface area contributed by atoms with Crippen LogP contribution in [0.15, 0.2) is 24.4 Å². The third-order valence-corrected chi connectivity index (χ3v) is 2.99. The van der Waals surface area contributed by atoms with Crippen LogP contribution in [0.4, 0.5) is 5.69 Å². The molecule has 106 valence electrons. The molecule has 0 saturated carbocycles. The van der Waals surface area contributed by atoms with Crippen LogP contribution >= 0.6 is 0 Å². The van der Waals surface area contributed by atoms with Gasteiger partial charge in [0.2, 0.25) is 0 Å². The van der Waals surface area contributed by atoms with Gasteiger partial charge in [-0.1, -0.05) is 0 Å². The number of nitrogens with zero attached hydrogens (tertiary/aromatic N) is 1. The minimum absolute atomic E-state index is 0.0144. The van der Waals surface area contributed by atoms with Crippen molar-refractivity contribution in [2.24, 2.45) is 5.73 Å². The largest absolute Gasteiger partial charge is 0.465 e. The first-order chi connectivity index (χ1) is 9.52. The summed E-state index contributed by atoms with van der Waals surface area (Å²) in [5.74, 6) is -0.455. The van der Waals surface area contributed by atoms with Crippen LogP contribution in [0.3, 0.4) is 0 Å². The van der Waals surface area contributed by atoms with Crippen LogP contribution in [0.5, 0.6) is 0 Å². The number of H-pyrrole nitrogens is 1. The van der Waals surface area contributed by atoms with E-state index in [4.69, 9.17) is 10.5 Å². The van der Waals surface area contributed by atoms with Crippen molar-refractivity contribution in [3.63, 3.8) is 0 Å². The van der Waals surface area contributed by atoms with Crippen LogP contribution in [0.2, 0.25) is 0 Å². The quantitative estimate of drug-likeness (QED) is 0.489. The van der Waals surface area contributed by atoms with E-state index in [-0.39, 0.29) is 12.3 Å². The Kier molecular flexibility index (Phi) is 3.99. The highest BCUT2D eigenvalue weighted by molar-refractivity contribution is 5.86. The zero-order valence-corrected chi connectivity index (χ0v) is 11.0. The fraction of sp³-hybridized carbons (Fsp3) is 0.308. The first kappa shape index (κ1) is 14.0. The van der Waals surface area contributed by atoms with Crippen LogP contribution in [0, 0.1) is 10.1 Å². The molecule has 1 atom stereocenters. The van der Waals surface area contributed by atoms with Crippen molar-refractivity contribution in [1.29, 1.82) is 0 Å². The number of carbonyl (C=O) groups is 1. The van der Waals surface area contributed by atoms with Gasteiger partial charge in [0.15, 0.2) is 0 Å². The molecule has 0 aliphatic carbocycles. The molecule has 0 fully saturated rings.